The fourth-order valence-corrected chi connectivity index (χ4v) is 3.58. The van der Waals surface area contributed by atoms with Gasteiger partial charge in [-0.15, -0.1) is 0 Å². The van der Waals surface area contributed by atoms with Crippen LogP contribution in [-0.2, 0) is 16.4 Å². The molecule has 0 bridgehead atoms. The first-order valence-corrected chi connectivity index (χ1v) is 8.39. The lowest BCUT2D eigenvalue weighted by atomic mass is 10.1. The molecule has 0 aliphatic carbocycles. The fourth-order valence-electron chi connectivity index (χ4n) is 2.75. The minimum absolute atomic E-state index is 0.0607. The monoisotopic (exact) mass is 295 g/mol. The minimum Gasteiger partial charge on any atom is -0.347 e. The molecular weight excluding hydrogens is 278 g/mol. The molecule has 0 radical (unpaired) electrons. The summed E-state index contributed by atoms with van der Waals surface area (Å²) in [6.45, 7) is 1.67. The van der Waals surface area contributed by atoms with Gasteiger partial charge in [0.05, 0.1) is 24.3 Å². The number of hydrogen-bond acceptors (Lipinski definition) is 5. The van der Waals surface area contributed by atoms with Gasteiger partial charge in [-0.25, -0.2) is 13.4 Å². The van der Waals surface area contributed by atoms with Crippen LogP contribution in [0.4, 0.5) is 0 Å². The summed E-state index contributed by atoms with van der Waals surface area (Å²) in [6, 6.07) is 0.0607. The van der Waals surface area contributed by atoms with Crippen molar-refractivity contribution in [3.8, 4) is 0 Å². The summed E-state index contributed by atoms with van der Waals surface area (Å²) in [6.07, 6.45) is 8.03. The van der Waals surface area contributed by atoms with Crippen LogP contribution in [0.15, 0.2) is 23.6 Å². The molecular formula is C12H17N5O2S. The molecule has 1 saturated heterocycles. The number of hydrogen-bond donors (Lipinski definition) is 2. The highest BCUT2D eigenvalue weighted by atomic mass is 32.2. The predicted molar refractivity (Wildman–Crippen MR) is 72.7 cm³/mol. The van der Waals surface area contributed by atoms with Crippen molar-refractivity contribution in [1.29, 1.82) is 0 Å². The third kappa shape index (κ3) is 2.48. The van der Waals surface area contributed by atoms with E-state index in [1.165, 1.54) is 12.5 Å². The second-order valence-corrected chi connectivity index (χ2v) is 7.11. The van der Waals surface area contributed by atoms with E-state index in [0.717, 1.165) is 31.6 Å². The Labute approximate surface area is 117 Å². The van der Waals surface area contributed by atoms with Gasteiger partial charge in [0.15, 0.2) is 9.84 Å². The number of likely N-dealkylation sites (tertiary alicyclic amines) is 1. The number of aromatic amines is 2. The van der Waals surface area contributed by atoms with Gasteiger partial charge in [-0.1, -0.05) is 0 Å². The lowest BCUT2D eigenvalue weighted by molar-refractivity contribution is 0.239. The molecule has 1 atom stereocenters. The average molecular weight is 295 g/mol. The first-order chi connectivity index (χ1) is 9.55. The Balaban J connectivity index is 1.88. The molecule has 2 aromatic rings. The fraction of sp³-hybridized carbons (Fsp3) is 0.500. The van der Waals surface area contributed by atoms with E-state index in [1.807, 2.05) is 0 Å². The van der Waals surface area contributed by atoms with E-state index in [9.17, 15) is 8.42 Å². The molecule has 3 heterocycles. The van der Waals surface area contributed by atoms with E-state index >= 15 is 0 Å². The van der Waals surface area contributed by atoms with Crippen molar-refractivity contribution in [2.75, 3.05) is 12.8 Å². The first-order valence-electron chi connectivity index (χ1n) is 6.50. The molecule has 0 spiro atoms. The molecule has 108 valence electrons. The van der Waals surface area contributed by atoms with Crippen LogP contribution >= 0.6 is 0 Å². The van der Waals surface area contributed by atoms with Gasteiger partial charge in [0.1, 0.15) is 4.90 Å². The Kier molecular flexibility index (Phi) is 3.35. The molecule has 1 aliphatic rings. The Morgan fingerprint density at radius 3 is 3.00 bits per heavy atom. The molecule has 1 aliphatic heterocycles. The molecule has 2 N–H and O–H groups in total. The van der Waals surface area contributed by atoms with Crippen molar-refractivity contribution in [3.63, 3.8) is 0 Å². The number of H-pyrrole nitrogens is 2. The number of sulfone groups is 1. The Morgan fingerprint density at radius 1 is 1.45 bits per heavy atom. The Bertz CT molecular complexity index is 677. The molecule has 0 aromatic carbocycles. The zero-order chi connectivity index (χ0) is 14.2. The maximum absolute atomic E-state index is 11.8. The van der Waals surface area contributed by atoms with Gasteiger partial charge in [-0.2, -0.15) is 5.10 Å². The van der Waals surface area contributed by atoms with Crippen LogP contribution in [-0.4, -0.2) is 46.3 Å². The quantitative estimate of drug-likeness (QED) is 0.873. The van der Waals surface area contributed by atoms with Gasteiger partial charge >= 0.3 is 0 Å². The van der Waals surface area contributed by atoms with Crippen LogP contribution < -0.4 is 0 Å². The van der Waals surface area contributed by atoms with Crippen LogP contribution in [0.1, 0.15) is 30.3 Å². The maximum Gasteiger partial charge on any atom is 0.178 e. The summed E-state index contributed by atoms with van der Waals surface area (Å²) in [7, 11) is -3.25. The van der Waals surface area contributed by atoms with E-state index < -0.39 is 9.84 Å². The first kappa shape index (κ1) is 13.3. The number of nitrogens with one attached hydrogen (secondary N) is 2. The van der Waals surface area contributed by atoms with Crippen molar-refractivity contribution < 1.29 is 8.42 Å². The van der Waals surface area contributed by atoms with Crippen molar-refractivity contribution in [3.05, 3.63) is 30.1 Å². The van der Waals surface area contributed by atoms with Crippen molar-refractivity contribution in [2.45, 2.75) is 30.3 Å². The highest BCUT2D eigenvalue weighted by Gasteiger charge is 2.31. The molecule has 0 saturated carbocycles. The molecule has 1 fully saturated rings. The molecule has 20 heavy (non-hydrogen) atoms. The van der Waals surface area contributed by atoms with Crippen LogP contribution in [0, 0.1) is 0 Å². The smallest absolute Gasteiger partial charge is 0.178 e. The highest BCUT2D eigenvalue weighted by Crippen LogP contribution is 2.34. The average Bonchev–Trinajstić information content (AvgIpc) is 3.07. The van der Waals surface area contributed by atoms with E-state index in [1.54, 1.807) is 12.5 Å². The molecule has 1 unspecified atom stereocenters. The predicted octanol–water partition coefficient (Wildman–Crippen LogP) is 0.873. The Hall–Kier alpha value is -1.67. The second-order valence-electron chi connectivity index (χ2n) is 5.13. The molecule has 8 heteroatoms. The van der Waals surface area contributed by atoms with Gasteiger partial charge in [-0.05, 0) is 19.4 Å². The zero-order valence-corrected chi connectivity index (χ0v) is 12.0. The summed E-state index contributed by atoms with van der Waals surface area (Å²) in [4.78, 5) is 9.64. The van der Waals surface area contributed by atoms with Crippen molar-refractivity contribution in [2.24, 2.45) is 0 Å². The molecule has 2 aromatic heterocycles. The van der Waals surface area contributed by atoms with Crippen LogP contribution in [0.2, 0.25) is 0 Å². The second kappa shape index (κ2) is 5.02. The number of imidazole rings is 1. The lowest BCUT2D eigenvalue weighted by Gasteiger charge is -2.23. The largest absolute Gasteiger partial charge is 0.347 e. The standard InChI is InChI=1S/C12H17N5O2S/c1-20(18,19)11-6-15-16-12(11)10-3-2-4-17(10)7-9-5-13-8-14-9/h5-6,8,10H,2-4,7H2,1H3,(H,13,14)(H,15,16). The SMILES string of the molecule is CS(=O)(=O)c1cn[nH]c1C1CCCN1Cc1cnc[nH]1. The van der Waals surface area contributed by atoms with Gasteiger partial charge in [0.2, 0.25) is 0 Å². The molecule has 3 rings (SSSR count). The number of rotatable bonds is 4. The maximum atomic E-state index is 11.8. The zero-order valence-electron chi connectivity index (χ0n) is 11.2. The van der Waals surface area contributed by atoms with Crippen molar-refractivity contribution in [1.82, 2.24) is 25.1 Å². The number of nitrogens with zero attached hydrogens (tertiary/aromatic N) is 3. The van der Waals surface area contributed by atoms with Gasteiger partial charge in [-0.3, -0.25) is 10.00 Å². The molecule has 0 amide bonds. The van der Waals surface area contributed by atoms with Crippen molar-refractivity contribution >= 4 is 9.84 Å². The summed E-state index contributed by atoms with van der Waals surface area (Å²) in [5.41, 5.74) is 1.72. The summed E-state index contributed by atoms with van der Waals surface area (Å²) in [5, 5.41) is 6.78. The van der Waals surface area contributed by atoms with E-state index in [4.69, 9.17) is 0 Å². The van der Waals surface area contributed by atoms with Crippen LogP contribution in [0.5, 0.6) is 0 Å². The third-order valence-electron chi connectivity index (χ3n) is 3.66. The van der Waals surface area contributed by atoms with Crippen LogP contribution in [0.25, 0.3) is 0 Å². The minimum atomic E-state index is -3.25. The molecule has 7 nitrogen and oxygen atoms in total. The summed E-state index contributed by atoms with van der Waals surface area (Å²) in [5.74, 6) is 0. The van der Waals surface area contributed by atoms with E-state index in [2.05, 4.69) is 25.1 Å². The lowest BCUT2D eigenvalue weighted by Crippen LogP contribution is -2.24. The topological polar surface area (TPSA) is 94.7 Å². The summed E-state index contributed by atoms with van der Waals surface area (Å²) < 4.78 is 23.6. The van der Waals surface area contributed by atoms with E-state index in [-0.39, 0.29) is 6.04 Å². The van der Waals surface area contributed by atoms with E-state index in [0.29, 0.717) is 10.6 Å². The normalized spacial score (nSPS) is 20.6. The van der Waals surface area contributed by atoms with Crippen LogP contribution in [0.3, 0.4) is 0 Å². The third-order valence-corrected chi connectivity index (χ3v) is 4.78. The summed E-state index contributed by atoms with van der Waals surface area (Å²) >= 11 is 0. The Morgan fingerprint density at radius 2 is 2.30 bits per heavy atom. The highest BCUT2D eigenvalue weighted by molar-refractivity contribution is 7.90. The van der Waals surface area contributed by atoms with Gasteiger partial charge < -0.3 is 4.98 Å². The number of aromatic nitrogens is 4. The van der Waals surface area contributed by atoms with Gasteiger partial charge in [0.25, 0.3) is 0 Å². The van der Waals surface area contributed by atoms with Gasteiger partial charge in [0, 0.05) is 24.7 Å².